The summed E-state index contributed by atoms with van der Waals surface area (Å²) >= 11 is 0. The van der Waals surface area contributed by atoms with Crippen LogP contribution in [0.5, 0.6) is 0 Å². The van der Waals surface area contributed by atoms with Gasteiger partial charge in [-0.05, 0) is 83.5 Å². The van der Waals surface area contributed by atoms with Crippen molar-refractivity contribution in [2.24, 2.45) is 0 Å². The molecule has 0 spiro atoms. The molecule has 1 aliphatic rings. The van der Waals surface area contributed by atoms with Crippen LogP contribution >= 0.6 is 0 Å². The van der Waals surface area contributed by atoms with Gasteiger partial charge in [-0.3, -0.25) is 0 Å². The maximum Gasteiger partial charge on any atom is 0.0381 e. The smallest absolute Gasteiger partial charge is 0.0381 e. The van der Waals surface area contributed by atoms with Crippen LogP contribution in [0, 0.1) is 0 Å². The van der Waals surface area contributed by atoms with Crippen LogP contribution in [0.4, 0.5) is 5.69 Å². The number of rotatable bonds is 9. The molecule has 3 aromatic rings. The molecule has 168 valence electrons. The zero-order chi connectivity index (χ0) is 23.2. The predicted octanol–water partition coefficient (Wildman–Crippen LogP) is 8.80. The molecule has 0 saturated heterocycles. The van der Waals surface area contributed by atoms with Gasteiger partial charge in [0.2, 0.25) is 0 Å². The number of hydrogen-bond acceptors (Lipinski definition) is 1. The zero-order valence-corrected chi connectivity index (χ0v) is 20.0. The Morgan fingerprint density at radius 2 is 1.64 bits per heavy atom. The predicted molar refractivity (Wildman–Crippen MR) is 144 cm³/mol. The number of aryl methyl sites for hydroxylation is 1. The van der Waals surface area contributed by atoms with Crippen LogP contribution in [0.15, 0.2) is 97.2 Å². The Labute approximate surface area is 199 Å². The molecule has 1 N–H and O–H groups in total. The Hall–Kier alpha value is -3.32. The molecular formula is C32H35N. The van der Waals surface area contributed by atoms with Crippen molar-refractivity contribution in [2.75, 3.05) is 5.32 Å². The van der Waals surface area contributed by atoms with Gasteiger partial charge in [0.05, 0.1) is 0 Å². The van der Waals surface area contributed by atoms with E-state index in [0.717, 1.165) is 43.5 Å². The summed E-state index contributed by atoms with van der Waals surface area (Å²) in [5, 5.41) is 3.50. The molecule has 1 atom stereocenters. The molecule has 0 aromatic heterocycles. The lowest BCUT2D eigenvalue weighted by atomic mass is 9.87. The molecule has 1 aliphatic carbocycles. The molecule has 33 heavy (non-hydrogen) atoms. The van der Waals surface area contributed by atoms with Crippen molar-refractivity contribution in [3.8, 4) is 0 Å². The standard InChI is InChI=1S/C32H35N/c1-5-27-10-6-7-11-29(27)21-23(2)28-16-18-31(19-17-28)33-25(4)14-15-26-20-24(3)32-13-9-8-12-30(32)22-26/h6-13,16-19,22-23,33H,3-5,14-15,20-21H2,1-2H3. The van der Waals surface area contributed by atoms with Crippen molar-refractivity contribution in [2.45, 2.75) is 51.9 Å². The Morgan fingerprint density at radius 3 is 2.39 bits per heavy atom. The van der Waals surface area contributed by atoms with Gasteiger partial charge in [0.1, 0.15) is 0 Å². The summed E-state index contributed by atoms with van der Waals surface area (Å²) in [6.07, 6.45) is 7.37. The van der Waals surface area contributed by atoms with Crippen LogP contribution in [0.25, 0.3) is 11.6 Å². The van der Waals surface area contributed by atoms with Gasteiger partial charge in [-0.1, -0.05) is 99.3 Å². The second kappa shape index (κ2) is 10.5. The summed E-state index contributed by atoms with van der Waals surface area (Å²) in [7, 11) is 0. The fourth-order valence-electron chi connectivity index (χ4n) is 4.77. The van der Waals surface area contributed by atoms with Crippen molar-refractivity contribution < 1.29 is 0 Å². The van der Waals surface area contributed by atoms with Crippen LogP contribution in [0.2, 0.25) is 0 Å². The third-order valence-corrected chi connectivity index (χ3v) is 6.72. The molecule has 0 heterocycles. The van der Waals surface area contributed by atoms with Gasteiger partial charge in [0.15, 0.2) is 0 Å². The highest BCUT2D eigenvalue weighted by atomic mass is 14.9. The number of hydrogen-bond donors (Lipinski definition) is 1. The molecule has 0 aliphatic heterocycles. The van der Waals surface area contributed by atoms with E-state index < -0.39 is 0 Å². The van der Waals surface area contributed by atoms with Crippen LogP contribution in [-0.2, 0) is 12.8 Å². The van der Waals surface area contributed by atoms with E-state index in [9.17, 15) is 0 Å². The fraction of sp³-hybridized carbons (Fsp3) is 0.250. The molecule has 0 saturated carbocycles. The number of anilines is 1. The van der Waals surface area contributed by atoms with Gasteiger partial charge in [-0.25, -0.2) is 0 Å². The lowest BCUT2D eigenvalue weighted by Crippen LogP contribution is -2.03. The number of nitrogens with one attached hydrogen (secondary N) is 1. The van der Waals surface area contributed by atoms with Crippen molar-refractivity contribution in [3.05, 3.63) is 125 Å². The first-order valence-corrected chi connectivity index (χ1v) is 12.1. The van der Waals surface area contributed by atoms with Crippen molar-refractivity contribution >= 4 is 17.3 Å². The average Bonchev–Trinajstić information content (AvgIpc) is 2.83. The van der Waals surface area contributed by atoms with Gasteiger partial charge in [0.25, 0.3) is 0 Å². The quantitative estimate of drug-likeness (QED) is 0.355. The second-order valence-electron chi connectivity index (χ2n) is 9.25. The molecule has 1 nitrogen and oxygen atoms in total. The molecule has 0 fully saturated rings. The summed E-state index contributed by atoms with van der Waals surface area (Å²) in [6, 6.07) is 26.2. The van der Waals surface area contributed by atoms with Crippen molar-refractivity contribution in [1.82, 2.24) is 0 Å². The first-order valence-electron chi connectivity index (χ1n) is 12.1. The topological polar surface area (TPSA) is 12.0 Å². The van der Waals surface area contributed by atoms with E-state index in [-0.39, 0.29) is 0 Å². The molecule has 4 rings (SSSR count). The Morgan fingerprint density at radius 1 is 0.939 bits per heavy atom. The molecule has 1 unspecified atom stereocenters. The van der Waals surface area contributed by atoms with Gasteiger partial charge in [-0.2, -0.15) is 0 Å². The maximum absolute atomic E-state index is 4.28. The minimum absolute atomic E-state index is 0.490. The first kappa shape index (κ1) is 22.9. The minimum atomic E-state index is 0.490. The van der Waals surface area contributed by atoms with Gasteiger partial charge in [-0.15, -0.1) is 0 Å². The van der Waals surface area contributed by atoms with E-state index in [1.54, 1.807) is 0 Å². The van der Waals surface area contributed by atoms with E-state index in [1.807, 2.05) is 0 Å². The van der Waals surface area contributed by atoms with Gasteiger partial charge < -0.3 is 5.32 Å². The SMILES string of the molecule is C=C(CCC1=Cc2ccccc2C(=C)C1)Nc1ccc(C(C)Cc2ccccc2CC)cc1. The Kier molecular flexibility index (Phi) is 7.29. The number of allylic oxidation sites excluding steroid dienone is 3. The van der Waals surface area contributed by atoms with Crippen molar-refractivity contribution in [3.63, 3.8) is 0 Å². The van der Waals surface area contributed by atoms with Crippen LogP contribution in [0.1, 0.15) is 66.8 Å². The van der Waals surface area contributed by atoms with Crippen LogP contribution in [-0.4, -0.2) is 0 Å². The number of benzene rings is 3. The van der Waals surface area contributed by atoms with Gasteiger partial charge in [0, 0.05) is 11.4 Å². The molecular weight excluding hydrogens is 398 g/mol. The normalized spacial score (nSPS) is 13.8. The molecule has 0 radical (unpaired) electrons. The monoisotopic (exact) mass is 433 g/mol. The summed E-state index contributed by atoms with van der Waals surface area (Å²) in [5.41, 5.74) is 11.7. The third kappa shape index (κ3) is 5.73. The Balaban J connectivity index is 1.31. The third-order valence-electron chi connectivity index (χ3n) is 6.72. The maximum atomic E-state index is 4.28. The van der Waals surface area contributed by atoms with E-state index >= 15 is 0 Å². The van der Waals surface area contributed by atoms with Gasteiger partial charge >= 0.3 is 0 Å². The summed E-state index contributed by atoms with van der Waals surface area (Å²) in [4.78, 5) is 0. The second-order valence-corrected chi connectivity index (χ2v) is 9.25. The van der Waals surface area contributed by atoms with Crippen LogP contribution < -0.4 is 5.32 Å². The summed E-state index contributed by atoms with van der Waals surface area (Å²) < 4.78 is 0. The zero-order valence-electron chi connectivity index (χ0n) is 20.0. The van der Waals surface area contributed by atoms with E-state index in [1.165, 1.54) is 39.0 Å². The van der Waals surface area contributed by atoms with Crippen LogP contribution in [0.3, 0.4) is 0 Å². The lowest BCUT2D eigenvalue weighted by Gasteiger charge is -2.19. The molecule has 3 aromatic carbocycles. The Bertz CT molecular complexity index is 1160. The first-order chi connectivity index (χ1) is 16.0. The lowest BCUT2D eigenvalue weighted by molar-refractivity contribution is 0.752. The van der Waals surface area contributed by atoms with E-state index in [2.05, 4.69) is 111 Å². The van der Waals surface area contributed by atoms with Crippen molar-refractivity contribution in [1.29, 1.82) is 0 Å². The highest BCUT2D eigenvalue weighted by Crippen LogP contribution is 2.34. The molecule has 0 amide bonds. The average molecular weight is 434 g/mol. The van der Waals surface area contributed by atoms with E-state index in [0.29, 0.717) is 5.92 Å². The summed E-state index contributed by atoms with van der Waals surface area (Å²) in [6.45, 7) is 13.1. The number of fused-ring (bicyclic) bond motifs is 1. The summed E-state index contributed by atoms with van der Waals surface area (Å²) in [5.74, 6) is 0.490. The minimum Gasteiger partial charge on any atom is -0.359 e. The molecule has 0 bridgehead atoms. The molecule has 1 heteroatoms. The highest BCUT2D eigenvalue weighted by Gasteiger charge is 2.13. The highest BCUT2D eigenvalue weighted by molar-refractivity contribution is 5.79. The van der Waals surface area contributed by atoms with E-state index in [4.69, 9.17) is 0 Å². The fourth-order valence-corrected chi connectivity index (χ4v) is 4.77. The largest absolute Gasteiger partial charge is 0.359 e.